The minimum atomic E-state index is 0.801. The Labute approximate surface area is 57.0 Å². The molecule has 0 aromatic carbocycles. The fourth-order valence-corrected chi connectivity index (χ4v) is 1.30. The van der Waals surface area contributed by atoms with Crippen LogP contribution in [0.1, 0.15) is 6.92 Å². The van der Waals surface area contributed by atoms with Gasteiger partial charge in [0.15, 0.2) is 0 Å². The molecular formula is C7H15N2. The second-order valence-corrected chi connectivity index (χ2v) is 2.88. The minimum Gasteiger partial charge on any atom is -0.319 e. The Balaban J connectivity index is 2.22. The summed E-state index contributed by atoms with van der Waals surface area (Å²) in [5.74, 6) is 1.60. The van der Waals surface area contributed by atoms with Gasteiger partial charge in [-0.05, 0) is 25.4 Å². The standard InChI is InChI=1S/C7H15N2/c1-6-3-9-5-7(6)4-8-2/h6-8H,3-5H2,1-2H3. The van der Waals surface area contributed by atoms with Crippen LogP contribution in [0.4, 0.5) is 0 Å². The van der Waals surface area contributed by atoms with Crippen LogP contribution in [0.2, 0.25) is 0 Å². The van der Waals surface area contributed by atoms with E-state index in [1.807, 2.05) is 7.05 Å². The summed E-state index contributed by atoms with van der Waals surface area (Å²) in [4.78, 5) is 0. The molecular weight excluding hydrogens is 112 g/mol. The Morgan fingerprint density at radius 2 is 2.33 bits per heavy atom. The molecule has 1 heterocycles. The Morgan fingerprint density at radius 1 is 1.56 bits per heavy atom. The van der Waals surface area contributed by atoms with Crippen LogP contribution < -0.4 is 10.6 Å². The predicted octanol–water partition coefficient (Wildman–Crippen LogP) is 0.0761. The molecule has 1 rings (SSSR count). The number of nitrogens with one attached hydrogen (secondary N) is 1. The molecule has 0 spiro atoms. The molecule has 0 aliphatic carbocycles. The van der Waals surface area contributed by atoms with Crippen molar-refractivity contribution in [2.24, 2.45) is 11.8 Å². The van der Waals surface area contributed by atoms with E-state index in [1.54, 1.807) is 0 Å². The van der Waals surface area contributed by atoms with E-state index in [0.29, 0.717) is 0 Å². The third-order valence-electron chi connectivity index (χ3n) is 2.05. The van der Waals surface area contributed by atoms with Gasteiger partial charge in [0.25, 0.3) is 0 Å². The van der Waals surface area contributed by atoms with Crippen LogP contribution >= 0.6 is 0 Å². The summed E-state index contributed by atoms with van der Waals surface area (Å²) < 4.78 is 0. The first-order valence-corrected chi connectivity index (χ1v) is 3.62. The van der Waals surface area contributed by atoms with Gasteiger partial charge in [-0.1, -0.05) is 6.92 Å². The van der Waals surface area contributed by atoms with Crippen molar-refractivity contribution in [1.29, 1.82) is 0 Å². The maximum Gasteiger partial charge on any atom is 0.0177 e. The van der Waals surface area contributed by atoms with E-state index < -0.39 is 0 Å². The van der Waals surface area contributed by atoms with Crippen LogP contribution in [0.15, 0.2) is 0 Å². The fourth-order valence-electron chi connectivity index (χ4n) is 1.30. The lowest BCUT2D eigenvalue weighted by Crippen LogP contribution is -2.23. The highest BCUT2D eigenvalue weighted by atomic mass is 14.9. The van der Waals surface area contributed by atoms with Crippen LogP contribution in [0.3, 0.4) is 0 Å². The van der Waals surface area contributed by atoms with Gasteiger partial charge in [0, 0.05) is 13.1 Å². The SMILES string of the molecule is CNCC1C[N]CC1C. The zero-order valence-electron chi connectivity index (χ0n) is 6.22. The second-order valence-electron chi connectivity index (χ2n) is 2.88. The molecule has 0 amide bonds. The van der Waals surface area contributed by atoms with E-state index in [1.165, 1.54) is 0 Å². The molecule has 0 saturated carbocycles. The highest BCUT2D eigenvalue weighted by Crippen LogP contribution is 2.15. The minimum absolute atomic E-state index is 0.801. The van der Waals surface area contributed by atoms with Gasteiger partial charge in [-0.15, -0.1) is 0 Å². The van der Waals surface area contributed by atoms with Crippen LogP contribution in [-0.4, -0.2) is 26.7 Å². The fraction of sp³-hybridized carbons (Fsp3) is 1.00. The van der Waals surface area contributed by atoms with Gasteiger partial charge in [-0.3, -0.25) is 0 Å². The summed E-state index contributed by atoms with van der Waals surface area (Å²) in [6, 6.07) is 0. The maximum absolute atomic E-state index is 4.32. The lowest BCUT2D eigenvalue weighted by molar-refractivity contribution is 0.435. The molecule has 2 unspecified atom stereocenters. The van der Waals surface area contributed by atoms with Crippen LogP contribution in [0.25, 0.3) is 0 Å². The zero-order valence-corrected chi connectivity index (χ0v) is 6.22. The average Bonchev–Trinajstić information content (AvgIpc) is 2.18. The molecule has 1 radical (unpaired) electrons. The zero-order chi connectivity index (χ0) is 6.69. The van der Waals surface area contributed by atoms with Crippen molar-refractivity contribution in [3.8, 4) is 0 Å². The van der Waals surface area contributed by atoms with Crippen molar-refractivity contribution >= 4 is 0 Å². The van der Waals surface area contributed by atoms with E-state index >= 15 is 0 Å². The Morgan fingerprint density at radius 3 is 2.78 bits per heavy atom. The van der Waals surface area contributed by atoms with Crippen molar-refractivity contribution in [3.05, 3.63) is 0 Å². The first-order valence-electron chi connectivity index (χ1n) is 3.62. The molecule has 1 N–H and O–H groups in total. The average molecular weight is 127 g/mol. The molecule has 53 valence electrons. The van der Waals surface area contributed by atoms with Gasteiger partial charge in [0.05, 0.1) is 0 Å². The molecule has 2 nitrogen and oxygen atoms in total. The number of hydrogen-bond donors (Lipinski definition) is 1. The first-order chi connectivity index (χ1) is 4.34. The normalized spacial score (nSPS) is 35.3. The molecule has 9 heavy (non-hydrogen) atoms. The lowest BCUT2D eigenvalue weighted by atomic mass is 9.98. The molecule has 1 aliphatic rings. The molecule has 1 fully saturated rings. The van der Waals surface area contributed by atoms with Crippen LogP contribution in [0.5, 0.6) is 0 Å². The Kier molecular flexibility index (Phi) is 2.49. The van der Waals surface area contributed by atoms with Gasteiger partial charge in [-0.25, -0.2) is 5.32 Å². The monoisotopic (exact) mass is 127 g/mol. The number of nitrogens with zero attached hydrogens (tertiary/aromatic N) is 1. The molecule has 2 atom stereocenters. The summed E-state index contributed by atoms with van der Waals surface area (Å²) in [6.45, 7) is 5.55. The second kappa shape index (κ2) is 3.18. The summed E-state index contributed by atoms with van der Waals surface area (Å²) >= 11 is 0. The van der Waals surface area contributed by atoms with E-state index in [4.69, 9.17) is 0 Å². The van der Waals surface area contributed by atoms with Crippen LogP contribution in [-0.2, 0) is 0 Å². The molecule has 2 heteroatoms. The summed E-state index contributed by atoms with van der Waals surface area (Å²) in [7, 11) is 2.00. The largest absolute Gasteiger partial charge is 0.319 e. The number of rotatable bonds is 2. The molecule has 0 aromatic rings. The van der Waals surface area contributed by atoms with Gasteiger partial charge in [0.1, 0.15) is 0 Å². The van der Waals surface area contributed by atoms with Gasteiger partial charge >= 0.3 is 0 Å². The van der Waals surface area contributed by atoms with E-state index in [-0.39, 0.29) is 0 Å². The molecule has 0 aromatic heterocycles. The van der Waals surface area contributed by atoms with E-state index in [9.17, 15) is 0 Å². The summed E-state index contributed by atoms with van der Waals surface area (Å²) in [6.07, 6.45) is 0. The molecule has 1 saturated heterocycles. The van der Waals surface area contributed by atoms with Crippen molar-refractivity contribution in [1.82, 2.24) is 10.6 Å². The first kappa shape index (κ1) is 7.03. The summed E-state index contributed by atoms with van der Waals surface area (Å²) in [5.41, 5.74) is 0. The Hall–Kier alpha value is -0.0800. The van der Waals surface area contributed by atoms with Gasteiger partial charge in [0.2, 0.25) is 0 Å². The Bertz CT molecular complexity index is 83.0. The van der Waals surface area contributed by atoms with Crippen molar-refractivity contribution in [2.75, 3.05) is 26.7 Å². The predicted molar refractivity (Wildman–Crippen MR) is 38.4 cm³/mol. The van der Waals surface area contributed by atoms with Gasteiger partial charge < -0.3 is 5.32 Å². The van der Waals surface area contributed by atoms with E-state index in [2.05, 4.69) is 17.6 Å². The smallest absolute Gasteiger partial charge is 0.0177 e. The lowest BCUT2D eigenvalue weighted by Gasteiger charge is -2.11. The molecule has 1 aliphatic heterocycles. The van der Waals surface area contributed by atoms with E-state index in [0.717, 1.165) is 31.5 Å². The molecule has 0 bridgehead atoms. The van der Waals surface area contributed by atoms with Crippen LogP contribution in [0, 0.1) is 11.8 Å². The third kappa shape index (κ3) is 1.66. The highest BCUT2D eigenvalue weighted by molar-refractivity contribution is 4.78. The maximum atomic E-state index is 4.32. The quantitative estimate of drug-likeness (QED) is 0.558. The topological polar surface area (TPSA) is 26.1 Å². The van der Waals surface area contributed by atoms with Crippen molar-refractivity contribution in [3.63, 3.8) is 0 Å². The number of hydrogen-bond acceptors (Lipinski definition) is 1. The summed E-state index contributed by atoms with van der Waals surface area (Å²) in [5, 5.41) is 7.50. The van der Waals surface area contributed by atoms with Gasteiger partial charge in [-0.2, -0.15) is 0 Å². The van der Waals surface area contributed by atoms with Crippen molar-refractivity contribution in [2.45, 2.75) is 6.92 Å². The van der Waals surface area contributed by atoms with Crippen molar-refractivity contribution < 1.29 is 0 Å². The third-order valence-corrected chi connectivity index (χ3v) is 2.05. The highest BCUT2D eigenvalue weighted by Gasteiger charge is 2.22.